The summed E-state index contributed by atoms with van der Waals surface area (Å²) in [5, 5.41) is 2.90. The molecule has 2 unspecified atom stereocenters. The first-order valence-corrected chi connectivity index (χ1v) is 6.73. The van der Waals surface area contributed by atoms with Crippen molar-refractivity contribution in [2.45, 2.75) is 13.0 Å². The SMILES string of the molecule is CC1(C(=O)Nc2cccc(-c3cnco3)c2)COCC1N. The molecule has 2 aromatic rings. The molecule has 21 heavy (non-hydrogen) atoms. The Morgan fingerprint density at radius 1 is 1.52 bits per heavy atom. The van der Waals surface area contributed by atoms with Crippen molar-refractivity contribution in [2.24, 2.45) is 11.1 Å². The lowest BCUT2D eigenvalue weighted by Gasteiger charge is -2.25. The average molecular weight is 287 g/mol. The van der Waals surface area contributed by atoms with Crippen LogP contribution in [0.25, 0.3) is 11.3 Å². The molecule has 6 nitrogen and oxygen atoms in total. The molecule has 110 valence electrons. The summed E-state index contributed by atoms with van der Waals surface area (Å²) in [6.07, 6.45) is 3.00. The zero-order chi connectivity index (χ0) is 14.9. The Hall–Kier alpha value is -2.18. The van der Waals surface area contributed by atoms with E-state index >= 15 is 0 Å². The largest absolute Gasteiger partial charge is 0.444 e. The summed E-state index contributed by atoms with van der Waals surface area (Å²) in [6.45, 7) is 2.56. The standard InChI is InChI=1S/C15H17N3O3/c1-15(8-20-7-13(15)16)14(19)18-11-4-2-3-10(5-11)12-6-17-9-21-12/h2-6,9,13H,7-8,16H2,1H3,(H,18,19). The van der Waals surface area contributed by atoms with Crippen LogP contribution < -0.4 is 11.1 Å². The maximum absolute atomic E-state index is 12.4. The maximum Gasteiger partial charge on any atom is 0.234 e. The van der Waals surface area contributed by atoms with Crippen molar-refractivity contribution in [3.8, 4) is 11.3 Å². The summed E-state index contributed by atoms with van der Waals surface area (Å²) >= 11 is 0. The molecule has 0 spiro atoms. The molecule has 1 aliphatic rings. The molecule has 3 N–H and O–H groups in total. The number of nitrogens with zero attached hydrogens (tertiary/aromatic N) is 1. The van der Waals surface area contributed by atoms with Crippen LogP contribution in [-0.2, 0) is 9.53 Å². The predicted molar refractivity (Wildman–Crippen MR) is 77.5 cm³/mol. The van der Waals surface area contributed by atoms with Crippen LogP contribution in [0.4, 0.5) is 5.69 Å². The quantitative estimate of drug-likeness (QED) is 0.895. The fourth-order valence-corrected chi connectivity index (χ4v) is 2.31. The van der Waals surface area contributed by atoms with Gasteiger partial charge in [-0.05, 0) is 19.1 Å². The van der Waals surface area contributed by atoms with Gasteiger partial charge in [0.05, 0.1) is 24.8 Å². The normalized spacial score (nSPS) is 25.0. The summed E-state index contributed by atoms with van der Waals surface area (Å²) in [5.41, 5.74) is 6.80. The van der Waals surface area contributed by atoms with Gasteiger partial charge in [0.15, 0.2) is 12.2 Å². The number of hydrogen-bond donors (Lipinski definition) is 2. The van der Waals surface area contributed by atoms with E-state index in [0.717, 1.165) is 5.56 Å². The van der Waals surface area contributed by atoms with Crippen LogP contribution >= 0.6 is 0 Å². The van der Waals surface area contributed by atoms with E-state index in [0.29, 0.717) is 24.7 Å². The van der Waals surface area contributed by atoms with E-state index in [1.165, 1.54) is 6.39 Å². The van der Waals surface area contributed by atoms with Gasteiger partial charge in [-0.3, -0.25) is 4.79 Å². The molecule has 1 amide bonds. The second kappa shape index (κ2) is 5.31. The minimum absolute atomic E-state index is 0.137. The van der Waals surface area contributed by atoms with Crippen LogP contribution in [-0.4, -0.2) is 30.1 Å². The first kappa shape index (κ1) is 13.8. The van der Waals surface area contributed by atoms with Crippen LogP contribution in [0.5, 0.6) is 0 Å². The van der Waals surface area contributed by atoms with Crippen molar-refractivity contribution < 1.29 is 13.9 Å². The average Bonchev–Trinajstić information content (AvgIpc) is 3.11. The summed E-state index contributed by atoms with van der Waals surface area (Å²) in [6, 6.07) is 7.10. The number of benzene rings is 1. The number of aromatic nitrogens is 1. The fraction of sp³-hybridized carbons (Fsp3) is 0.333. The van der Waals surface area contributed by atoms with Crippen molar-refractivity contribution in [2.75, 3.05) is 18.5 Å². The number of nitrogens with two attached hydrogens (primary N) is 1. The molecular weight excluding hydrogens is 270 g/mol. The Bertz CT molecular complexity index is 641. The molecule has 2 atom stereocenters. The van der Waals surface area contributed by atoms with Crippen LogP contribution in [0, 0.1) is 5.41 Å². The zero-order valence-corrected chi connectivity index (χ0v) is 11.7. The number of carbonyl (C=O) groups is 1. The second-order valence-electron chi connectivity index (χ2n) is 5.44. The van der Waals surface area contributed by atoms with E-state index in [1.54, 1.807) is 6.20 Å². The van der Waals surface area contributed by atoms with Gasteiger partial charge in [0.1, 0.15) is 0 Å². The minimum Gasteiger partial charge on any atom is -0.444 e. The highest BCUT2D eigenvalue weighted by atomic mass is 16.5. The Labute approximate surface area is 122 Å². The molecule has 1 aliphatic heterocycles. The predicted octanol–water partition coefficient (Wildman–Crippen LogP) is 1.64. The Kier molecular flexibility index (Phi) is 3.48. The highest BCUT2D eigenvalue weighted by Gasteiger charge is 2.44. The van der Waals surface area contributed by atoms with Crippen LogP contribution in [0.3, 0.4) is 0 Å². The highest BCUT2D eigenvalue weighted by Crippen LogP contribution is 2.29. The Morgan fingerprint density at radius 3 is 3.05 bits per heavy atom. The topological polar surface area (TPSA) is 90.4 Å². The molecule has 1 fully saturated rings. The third-order valence-corrected chi connectivity index (χ3v) is 3.87. The van der Waals surface area contributed by atoms with E-state index in [4.69, 9.17) is 14.9 Å². The molecule has 2 heterocycles. The van der Waals surface area contributed by atoms with Gasteiger partial charge in [-0.15, -0.1) is 0 Å². The van der Waals surface area contributed by atoms with Crippen LogP contribution in [0.15, 0.2) is 41.3 Å². The number of hydrogen-bond acceptors (Lipinski definition) is 5. The number of anilines is 1. The number of oxazole rings is 1. The summed E-state index contributed by atoms with van der Waals surface area (Å²) in [7, 11) is 0. The highest BCUT2D eigenvalue weighted by molar-refractivity contribution is 5.96. The van der Waals surface area contributed by atoms with Crippen molar-refractivity contribution in [3.63, 3.8) is 0 Å². The van der Waals surface area contributed by atoms with Gasteiger partial charge in [-0.2, -0.15) is 0 Å². The number of ether oxygens (including phenoxy) is 1. The molecule has 3 rings (SSSR count). The van der Waals surface area contributed by atoms with Crippen molar-refractivity contribution in [3.05, 3.63) is 36.9 Å². The van der Waals surface area contributed by atoms with E-state index in [2.05, 4.69) is 10.3 Å². The number of amides is 1. The van der Waals surface area contributed by atoms with Gasteiger partial charge in [-0.1, -0.05) is 12.1 Å². The first-order valence-electron chi connectivity index (χ1n) is 6.73. The lowest BCUT2D eigenvalue weighted by molar-refractivity contribution is -0.125. The molecule has 0 radical (unpaired) electrons. The Balaban J connectivity index is 1.79. The first-order chi connectivity index (χ1) is 10.1. The monoisotopic (exact) mass is 287 g/mol. The number of nitrogens with one attached hydrogen (secondary N) is 1. The molecule has 1 aromatic carbocycles. The maximum atomic E-state index is 12.4. The summed E-state index contributed by atoms with van der Waals surface area (Å²) in [4.78, 5) is 16.3. The van der Waals surface area contributed by atoms with Gasteiger partial charge in [0, 0.05) is 17.3 Å². The molecule has 0 saturated carbocycles. The fourth-order valence-electron chi connectivity index (χ4n) is 2.31. The number of carbonyl (C=O) groups excluding carboxylic acids is 1. The summed E-state index contributed by atoms with van der Waals surface area (Å²) < 4.78 is 10.6. The van der Waals surface area contributed by atoms with E-state index in [9.17, 15) is 4.79 Å². The van der Waals surface area contributed by atoms with Gasteiger partial charge in [0.25, 0.3) is 0 Å². The lowest BCUT2D eigenvalue weighted by Crippen LogP contribution is -2.47. The molecule has 1 saturated heterocycles. The molecule has 0 aliphatic carbocycles. The molecule has 6 heteroatoms. The van der Waals surface area contributed by atoms with Crippen LogP contribution in [0.2, 0.25) is 0 Å². The van der Waals surface area contributed by atoms with Crippen molar-refractivity contribution in [1.82, 2.24) is 4.98 Å². The van der Waals surface area contributed by atoms with E-state index in [-0.39, 0.29) is 11.9 Å². The molecule has 0 bridgehead atoms. The smallest absolute Gasteiger partial charge is 0.234 e. The van der Waals surface area contributed by atoms with Crippen molar-refractivity contribution in [1.29, 1.82) is 0 Å². The second-order valence-corrected chi connectivity index (χ2v) is 5.44. The van der Waals surface area contributed by atoms with Gasteiger partial charge < -0.3 is 20.2 Å². The van der Waals surface area contributed by atoms with Gasteiger partial charge in [0.2, 0.25) is 5.91 Å². The van der Waals surface area contributed by atoms with E-state index in [1.807, 2.05) is 31.2 Å². The minimum atomic E-state index is -0.706. The number of rotatable bonds is 3. The Morgan fingerprint density at radius 2 is 2.38 bits per heavy atom. The van der Waals surface area contributed by atoms with Gasteiger partial charge in [-0.25, -0.2) is 4.98 Å². The van der Waals surface area contributed by atoms with Crippen molar-refractivity contribution >= 4 is 11.6 Å². The third kappa shape index (κ3) is 2.55. The van der Waals surface area contributed by atoms with Crippen LogP contribution in [0.1, 0.15) is 6.92 Å². The third-order valence-electron chi connectivity index (χ3n) is 3.87. The summed E-state index contributed by atoms with van der Waals surface area (Å²) in [5.74, 6) is 0.514. The van der Waals surface area contributed by atoms with Gasteiger partial charge >= 0.3 is 0 Å². The lowest BCUT2D eigenvalue weighted by atomic mass is 9.85. The molecular formula is C15H17N3O3. The van der Waals surface area contributed by atoms with E-state index < -0.39 is 5.41 Å². The molecule has 1 aromatic heterocycles. The zero-order valence-electron chi connectivity index (χ0n) is 11.7.